The summed E-state index contributed by atoms with van der Waals surface area (Å²) in [4.78, 5) is 11.3. The maximum atomic E-state index is 11.3. The molecule has 0 saturated carbocycles. The highest BCUT2D eigenvalue weighted by Gasteiger charge is 2.25. The third-order valence-corrected chi connectivity index (χ3v) is 3.88. The highest BCUT2D eigenvalue weighted by molar-refractivity contribution is 7.64. The van der Waals surface area contributed by atoms with E-state index in [1.165, 1.54) is 0 Å². The highest BCUT2D eigenvalue weighted by atomic mass is 35.8. The number of hydrogen-bond acceptors (Lipinski definition) is 2. The van der Waals surface area contributed by atoms with Crippen LogP contribution in [-0.4, -0.2) is 18.6 Å². The molecule has 88 valence electrons. The lowest BCUT2D eigenvalue weighted by molar-refractivity contribution is 0.0526. The van der Waals surface area contributed by atoms with Crippen molar-refractivity contribution in [3.8, 4) is 0 Å². The van der Waals surface area contributed by atoms with Gasteiger partial charge in [0.15, 0.2) is 0 Å². The second-order valence-electron chi connectivity index (χ2n) is 3.21. The molecule has 0 aliphatic heterocycles. The van der Waals surface area contributed by atoms with Gasteiger partial charge in [0, 0.05) is 6.04 Å². The second-order valence-corrected chi connectivity index (χ2v) is 12.3. The molecule has 0 atom stereocenters. The van der Waals surface area contributed by atoms with Crippen molar-refractivity contribution in [1.29, 1.82) is 0 Å². The van der Waals surface area contributed by atoms with Crippen LogP contribution in [0.1, 0.15) is 22.8 Å². The van der Waals surface area contributed by atoms with E-state index in [4.69, 9.17) is 38.0 Å². The molecule has 0 unspecified atom stereocenters. The van der Waals surface area contributed by atoms with Crippen LogP contribution in [0, 0.1) is 0 Å². The summed E-state index contributed by atoms with van der Waals surface area (Å²) in [6.07, 6.45) is 0. The first-order valence-corrected chi connectivity index (χ1v) is 9.99. The third-order valence-electron chi connectivity index (χ3n) is 1.87. The molecule has 2 nitrogen and oxygen atoms in total. The van der Waals surface area contributed by atoms with Gasteiger partial charge in [0.05, 0.1) is 12.2 Å². The second kappa shape index (κ2) is 5.91. The number of carbonyl (C=O) groups excluding carboxylic acids is 1. The van der Waals surface area contributed by atoms with E-state index in [0.717, 1.165) is 5.56 Å². The molecule has 0 saturated heterocycles. The first-order valence-electron chi connectivity index (χ1n) is 4.75. The number of ether oxygens (including phenoxy) is 1. The highest BCUT2D eigenvalue weighted by Crippen LogP contribution is 2.24. The van der Waals surface area contributed by atoms with Crippen molar-refractivity contribution in [2.45, 2.75) is 13.0 Å². The Bertz CT molecular complexity index is 359. The number of hydrogen-bond donors (Lipinski definition) is 0. The molecular weight excluding hydrogens is 287 g/mol. The molecule has 0 fully saturated rings. The monoisotopic (exact) mass is 296 g/mol. The topological polar surface area (TPSA) is 26.3 Å². The fraction of sp³-hybridized carbons (Fsp3) is 0.300. The third kappa shape index (κ3) is 4.74. The number of esters is 1. The van der Waals surface area contributed by atoms with E-state index in [0.29, 0.717) is 18.2 Å². The molecule has 0 radical (unpaired) electrons. The van der Waals surface area contributed by atoms with Crippen LogP contribution in [0.4, 0.5) is 0 Å². The van der Waals surface area contributed by atoms with Gasteiger partial charge in [-0.2, -0.15) is 0 Å². The Labute approximate surface area is 110 Å². The van der Waals surface area contributed by atoms with Crippen molar-refractivity contribution in [1.82, 2.24) is 0 Å². The Morgan fingerprint density at radius 3 is 2.25 bits per heavy atom. The molecule has 0 amide bonds. The minimum atomic E-state index is -2.66. The summed E-state index contributed by atoms with van der Waals surface area (Å²) in [6, 6.07) is 4.70. The number of rotatable bonds is 4. The standard InChI is InChI=1S/C10H11Cl3O2Si/c1-2-15-10(14)9-5-3-8(4-6-9)7-16(11,12)13/h3-6H,2,7H2,1H3. The first kappa shape index (κ1) is 13.8. The minimum absolute atomic E-state index is 0.333. The molecule has 0 bridgehead atoms. The fourth-order valence-corrected chi connectivity index (χ4v) is 3.29. The molecule has 1 aromatic carbocycles. The fourth-order valence-electron chi connectivity index (χ4n) is 1.20. The maximum Gasteiger partial charge on any atom is 0.345 e. The molecule has 0 aromatic heterocycles. The van der Waals surface area contributed by atoms with E-state index in [-0.39, 0.29) is 5.97 Å². The van der Waals surface area contributed by atoms with E-state index in [1.807, 2.05) is 0 Å². The molecule has 0 N–H and O–H groups in total. The number of carbonyl (C=O) groups is 1. The molecule has 0 aliphatic rings. The van der Waals surface area contributed by atoms with Crippen molar-refractivity contribution < 1.29 is 9.53 Å². The Morgan fingerprint density at radius 2 is 1.81 bits per heavy atom. The van der Waals surface area contributed by atoms with Crippen LogP contribution in [0.2, 0.25) is 0 Å². The van der Waals surface area contributed by atoms with Crippen LogP contribution < -0.4 is 0 Å². The van der Waals surface area contributed by atoms with Crippen molar-refractivity contribution in [2.24, 2.45) is 0 Å². The Balaban J connectivity index is 2.72. The van der Waals surface area contributed by atoms with Gasteiger partial charge < -0.3 is 4.74 Å². The van der Waals surface area contributed by atoms with Gasteiger partial charge in [-0.25, -0.2) is 4.79 Å². The summed E-state index contributed by atoms with van der Waals surface area (Å²) in [6.45, 7) is 2.13. The zero-order valence-electron chi connectivity index (χ0n) is 8.67. The number of benzene rings is 1. The Kier molecular flexibility index (Phi) is 5.12. The summed E-state index contributed by atoms with van der Waals surface area (Å²) in [7, 11) is 0. The molecule has 0 heterocycles. The Hall–Kier alpha value is -0.223. The lowest BCUT2D eigenvalue weighted by Gasteiger charge is -2.08. The maximum absolute atomic E-state index is 11.3. The van der Waals surface area contributed by atoms with Gasteiger partial charge in [-0.15, -0.1) is 33.2 Å². The van der Waals surface area contributed by atoms with E-state index in [2.05, 4.69) is 0 Å². The van der Waals surface area contributed by atoms with Gasteiger partial charge in [-0.1, -0.05) is 12.1 Å². The van der Waals surface area contributed by atoms with Crippen LogP contribution in [-0.2, 0) is 10.8 Å². The van der Waals surface area contributed by atoms with Gasteiger partial charge >= 0.3 is 12.0 Å². The zero-order chi connectivity index (χ0) is 12.2. The molecule has 1 rings (SSSR count). The first-order chi connectivity index (χ1) is 7.42. The zero-order valence-corrected chi connectivity index (χ0v) is 11.9. The largest absolute Gasteiger partial charge is 0.462 e. The van der Waals surface area contributed by atoms with Crippen molar-refractivity contribution in [2.75, 3.05) is 6.61 Å². The predicted octanol–water partition coefficient (Wildman–Crippen LogP) is 3.60. The Morgan fingerprint density at radius 1 is 1.25 bits per heavy atom. The van der Waals surface area contributed by atoms with Crippen LogP contribution in [0.5, 0.6) is 0 Å². The summed E-state index contributed by atoms with van der Waals surface area (Å²) >= 11 is 17.4. The molecule has 1 aromatic rings. The van der Waals surface area contributed by atoms with Crippen molar-refractivity contribution >= 4 is 45.2 Å². The quantitative estimate of drug-likeness (QED) is 0.482. The summed E-state index contributed by atoms with van der Waals surface area (Å²) in [5.41, 5.74) is 1.43. The van der Waals surface area contributed by atoms with Crippen LogP contribution in [0.3, 0.4) is 0 Å². The van der Waals surface area contributed by atoms with Crippen LogP contribution in [0.25, 0.3) is 0 Å². The lowest BCUT2D eigenvalue weighted by Crippen LogP contribution is -2.14. The lowest BCUT2D eigenvalue weighted by atomic mass is 10.1. The van der Waals surface area contributed by atoms with E-state index >= 15 is 0 Å². The van der Waals surface area contributed by atoms with Gasteiger partial charge in [-0.3, -0.25) is 0 Å². The molecule has 0 spiro atoms. The summed E-state index contributed by atoms with van der Waals surface area (Å²) in [5.74, 6) is -0.333. The average Bonchev–Trinajstić information content (AvgIpc) is 2.16. The summed E-state index contributed by atoms with van der Waals surface area (Å²) < 4.78 is 4.86. The summed E-state index contributed by atoms with van der Waals surface area (Å²) in [5, 5.41) is 0. The average molecular weight is 298 g/mol. The molecule has 16 heavy (non-hydrogen) atoms. The van der Waals surface area contributed by atoms with Gasteiger partial charge in [0.2, 0.25) is 0 Å². The smallest absolute Gasteiger partial charge is 0.345 e. The van der Waals surface area contributed by atoms with Gasteiger partial charge in [-0.05, 0) is 24.6 Å². The van der Waals surface area contributed by atoms with Crippen molar-refractivity contribution in [3.63, 3.8) is 0 Å². The van der Waals surface area contributed by atoms with Gasteiger partial charge in [0.25, 0.3) is 0 Å². The van der Waals surface area contributed by atoms with E-state index < -0.39 is 6.00 Å². The van der Waals surface area contributed by atoms with E-state index in [1.54, 1.807) is 31.2 Å². The molecule has 6 heteroatoms. The SMILES string of the molecule is CCOC(=O)c1ccc(C[Si](Cl)(Cl)Cl)cc1. The predicted molar refractivity (Wildman–Crippen MR) is 69.4 cm³/mol. The normalized spacial score (nSPS) is 11.2. The van der Waals surface area contributed by atoms with Crippen molar-refractivity contribution in [3.05, 3.63) is 35.4 Å². The van der Waals surface area contributed by atoms with Crippen LogP contribution >= 0.6 is 33.2 Å². The molecular formula is C10H11Cl3O2Si. The molecule has 0 aliphatic carbocycles. The minimum Gasteiger partial charge on any atom is -0.462 e. The van der Waals surface area contributed by atoms with E-state index in [9.17, 15) is 4.79 Å². The van der Waals surface area contributed by atoms with Gasteiger partial charge in [0.1, 0.15) is 0 Å². The number of halogens is 3. The van der Waals surface area contributed by atoms with Crippen LogP contribution in [0.15, 0.2) is 24.3 Å².